The Labute approximate surface area is 141 Å². The zero-order valence-corrected chi connectivity index (χ0v) is 14.2. The van der Waals surface area contributed by atoms with Gasteiger partial charge in [-0.15, -0.1) is 0 Å². The Balaban J connectivity index is 2.09. The Morgan fingerprint density at radius 3 is 2.62 bits per heavy atom. The normalized spacial score (nSPS) is 10.1. The molecule has 0 bridgehead atoms. The lowest BCUT2D eigenvalue weighted by Gasteiger charge is -2.12. The third kappa shape index (κ3) is 4.38. The molecule has 0 aliphatic carbocycles. The summed E-state index contributed by atoms with van der Waals surface area (Å²) < 4.78 is 16.2. The lowest BCUT2D eigenvalue weighted by Crippen LogP contribution is -2.23. The maximum absolute atomic E-state index is 12.4. The summed E-state index contributed by atoms with van der Waals surface area (Å²) in [6, 6.07) is 8.77. The number of hydrogen-bond acceptors (Lipinski definition) is 5. The average Bonchev–Trinajstić information content (AvgIpc) is 2.61. The van der Waals surface area contributed by atoms with Gasteiger partial charge in [0.15, 0.2) is 11.5 Å². The Morgan fingerprint density at radius 1 is 1.12 bits per heavy atom. The summed E-state index contributed by atoms with van der Waals surface area (Å²) in [5.41, 5.74) is 1.33. The van der Waals surface area contributed by atoms with Crippen molar-refractivity contribution in [3.63, 3.8) is 0 Å². The van der Waals surface area contributed by atoms with E-state index in [1.807, 2.05) is 26.0 Å². The number of nitrogens with zero attached hydrogens (tertiary/aromatic N) is 1. The molecule has 2 rings (SSSR count). The molecule has 1 aromatic heterocycles. The molecule has 0 saturated heterocycles. The van der Waals surface area contributed by atoms with Gasteiger partial charge in [0.1, 0.15) is 0 Å². The Bertz CT molecular complexity index is 688. The van der Waals surface area contributed by atoms with Gasteiger partial charge in [0.05, 0.1) is 20.3 Å². The van der Waals surface area contributed by atoms with E-state index in [0.29, 0.717) is 42.7 Å². The molecule has 0 atom stereocenters. The van der Waals surface area contributed by atoms with Crippen LogP contribution in [0.5, 0.6) is 17.4 Å². The molecule has 0 fully saturated rings. The maximum atomic E-state index is 12.4. The van der Waals surface area contributed by atoms with Crippen LogP contribution in [0.1, 0.15) is 29.8 Å². The largest absolute Gasteiger partial charge is 0.493 e. The van der Waals surface area contributed by atoms with E-state index in [4.69, 9.17) is 14.2 Å². The van der Waals surface area contributed by atoms with Gasteiger partial charge in [0, 0.05) is 23.9 Å². The fourth-order valence-electron chi connectivity index (χ4n) is 2.19. The molecule has 1 amide bonds. The number of carbonyl (C=O) groups excluding carboxylic acids is 1. The predicted molar refractivity (Wildman–Crippen MR) is 90.7 cm³/mol. The first-order valence-corrected chi connectivity index (χ1v) is 7.85. The van der Waals surface area contributed by atoms with Crippen molar-refractivity contribution in [2.24, 2.45) is 0 Å². The molecule has 6 nitrogen and oxygen atoms in total. The van der Waals surface area contributed by atoms with Gasteiger partial charge >= 0.3 is 0 Å². The molecule has 0 spiro atoms. The van der Waals surface area contributed by atoms with Crippen LogP contribution in [0.15, 0.2) is 36.5 Å². The van der Waals surface area contributed by atoms with Crippen LogP contribution in [0.4, 0.5) is 0 Å². The van der Waals surface area contributed by atoms with Crippen LogP contribution in [0.2, 0.25) is 0 Å². The second kappa shape index (κ2) is 8.76. The number of pyridine rings is 1. The maximum Gasteiger partial charge on any atom is 0.251 e. The summed E-state index contributed by atoms with van der Waals surface area (Å²) in [4.78, 5) is 16.5. The minimum Gasteiger partial charge on any atom is -0.493 e. The summed E-state index contributed by atoms with van der Waals surface area (Å²) in [6.07, 6.45) is 1.66. The molecule has 1 N–H and O–H groups in total. The van der Waals surface area contributed by atoms with Gasteiger partial charge < -0.3 is 19.5 Å². The topological polar surface area (TPSA) is 69.7 Å². The van der Waals surface area contributed by atoms with Gasteiger partial charge in [-0.3, -0.25) is 4.79 Å². The first kappa shape index (κ1) is 17.6. The second-order valence-electron chi connectivity index (χ2n) is 4.88. The van der Waals surface area contributed by atoms with E-state index in [-0.39, 0.29) is 5.91 Å². The standard InChI is InChI=1S/C18H22N2O4/c1-4-23-16-11-13(8-9-15(16)22-3)17(21)20-12-14-7-6-10-19-18(14)24-5-2/h6-11H,4-5,12H2,1-3H3,(H,20,21). The highest BCUT2D eigenvalue weighted by Crippen LogP contribution is 2.28. The van der Waals surface area contributed by atoms with Crippen LogP contribution < -0.4 is 19.5 Å². The Morgan fingerprint density at radius 2 is 1.92 bits per heavy atom. The molecule has 0 aliphatic rings. The van der Waals surface area contributed by atoms with Crippen molar-refractivity contribution in [1.82, 2.24) is 10.3 Å². The van der Waals surface area contributed by atoms with Crippen LogP contribution in [-0.2, 0) is 6.54 Å². The number of hydrogen-bond donors (Lipinski definition) is 1. The predicted octanol–water partition coefficient (Wildman–Crippen LogP) is 2.82. The molecule has 1 aromatic carbocycles. The van der Waals surface area contributed by atoms with Gasteiger partial charge in [0.2, 0.25) is 5.88 Å². The van der Waals surface area contributed by atoms with Crippen LogP contribution >= 0.6 is 0 Å². The third-order valence-electron chi connectivity index (χ3n) is 3.30. The van der Waals surface area contributed by atoms with Crippen molar-refractivity contribution in [1.29, 1.82) is 0 Å². The van der Waals surface area contributed by atoms with Crippen molar-refractivity contribution in [2.45, 2.75) is 20.4 Å². The number of amides is 1. The lowest BCUT2D eigenvalue weighted by molar-refractivity contribution is 0.0950. The van der Waals surface area contributed by atoms with Crippen molar-refractivity contribution in [3.8, 4) is 17.4 Å². The summed E-state index contributed by atoms with van der Waals surface area (Å²) in [7, 11) is 1.56. The van der Waals surface area contributed by atoms with E-state index in [1.165, 1.54) is 0 Å². The Hall–Kier alpha value is -2.76. The van der Waals surface area contributed by atoms with Gasteiger partial charge in [-0.2, -0.15) is 0 Å². The first-order valence-electron chi connectivity index (χ1n) is 7.85. The molecule has 2 aromatic rings. The van der Waals surface area contributed by atoms with Crippen LogP contribution in [0.25, 0.3) is 0 Å². The van der Waals surface area contributed by atoms with E-state index in [1.54, 1.807) is 31.5 Å². The summed E-state index contributed by atoms with van der Waals surface area (Å²) in [5.74, 6) is 1.47. The summed E-state index contributed by atoms with van der Waals surface area (Å²) in [5, 5.41) is 2.87. The third-order valence-corrected chi connectivity index (χ3v) is 3.30. The highest BCUT2D eigenvalue weighted by molar-refractivity contribution is 5.94. The molecule has 1 heterocycles. The van der Waals surface area contributed by atoms with Crippen LogP contribution in [-0.4, -0.2) is 31.2 Å². The van der Waals surface area contributed by atoms with Gasteiger partial charge in [0.25, 0.3) is 5.91 Å². The highest BCUT2D eigenvalue weighted by atomic mass is 16.5. The van der Waals surface area contributed by atoms with E-state index in [2.05, 4.69) is 10.3 Å². The van der Waals surface area contributed by atoms with Crippen molar-refractivity contribution in [2.75, 3.05) is 20.3 Å². The zero-order chi connectivity index (χ0) is 17.4. The quantitative estimate of drug-likeness (QED) is 0.806. The van der Waals surface area contributed by atoms with Crippen molar-refractivity contribution < 1.29 is 19.0 Å². The van der Waals surface area contributed by atoms with E-state index < -0.39 is 0 Å². The molecule has 24 heavy (non-hydrogen) atoms. The fourth-order valence-corrected chi connectivity index (χ4v) is 2.19. The smallest absolute Gasteiger partial charge is 0.251 e. The summed E-state index contributed by atoms with van der Waals surface area (Å²) in [6.45, 7) is 5.12. The number of rotatable bonds is 8. The van der Waals surface area contributed by atoms with Crippen LogP contribution in [0, 0.1) is 0 Å². The van der Waals surface area contributed by atoms with Gasteiger partial charge in [-0.1, -0.05) is 6.07 Å². The molecular weight excluding hydrogens is 308 g/mol. The van der Waals surface area contributed by atoms with E-state index in [0.717, 1.165) is 5.56 Å². The van der Waals surface area contributed by atoms with Crippen LogP contribution in [0.3, 0.4) is 0 Å². The number of methoxy groups -OCH3 is 1. The van der Waals surface area contributed by atoms with E-state index in [9.17, 15) is 4.79 Å². The SMILES string of the molecule is CCOc1cc(C(=O)NCc2cccnc2OCC)ccc1OC. The van der Waals surface area contributed by atoms with Gasteiger partial charge in [-0.05, 0) is 38.1 Å². The minimum atomic E-state index is -0.204. The first-order chi connectivity index (χ1) is 11.7. The number of ether oxygens (including phenoxy) is 3. The number of nitrogens with one attached hydrogen (secondary N) is 1. The monoisotopic (exact) mass is 330 g/mol. The molecule has 0 radical (unpaired) electrons. The zero-order valence-electron chi connectivity index (χ0n) is 14.2. The van der Waals surface area contributed by atoms with Gasteiger partial charge in [-0.25, -0.2) is 4.98 Å². The molecule has 6 heteroatoms. The average molecular weight is 330 g/mol. The lowest BCUT2D eigenvalue weighted by atomic mass is 10.1. The number of benzene rings is 1. The van der Waals surface area contributed by atoms with E-state index >= 15 is 0 Å². The number of aromatic nitrogens is 1. The molecular formula is C18H22N2O4. The fraction of sp³-hybridized carbons (Fsp3) is 0.333. The molecule has 0 aliphatic heterocycles. The second-order valence-corrected chi connectivity index (χ2v) is 4.88. The molecule has 0 saturated carbocycles. The molecule has 0 unspecified atom stereocenters. The Kier molecular flexibility index (Phi) is 6.42. The minimum absolute atomic E-state index is 0.204. The van der Waals surface area contributed by atoms with Crippen molar-refractivity contribution >= 4 is 5.91 Å². The summed E-state index contributed by atoms with van der Waals surface area (Å²) >= 11 is 0. The van der Waals surface area contributed by atoms with Crippen molar-refractivity contribution in [3.05, 3.63) is 47.7 Å². The molecule has 128 valence electrons. The number of carbonyl (C=O) groups is 1. The highest BCUT2D eigenvalue weighted by Gasteiger charge is 2.12.